The number of Topliss-reactive ketones (excluding diaryl/α,β-unsaturated/α-hetero) is 1. The molecule has 2 N–H and O–H groups in total. The largest absolute Gasteiger partial charge is 0.397 e. The minimum Gasteiger partial charge on any atom is -0.397 e. The van der Waals surface area contributed by atoms with Gasteiger partial charge in [-0.3, -0.25) is 19.6 Å². The van der Waals surface area contributed by atoms with Crippen molar-refractivity contribution in [1.82, 2.24) is 19.9 Å². The Hall–Kier alpha value is -6.03. The minimum absolute atomic E-state index is 0.205. The van der Waals surface area contributed by atoms with E-state index in [2.05, 4.69) is 69.6 Å². The second-order valence-corrected chi connectivity index (χ2v) is 21.3. The Morgan fingerprint density at radius 1 is 0.609 bits per heavy atom. The lowest BCUT2D eigenvalue weighted by molar-refractivity contribution is -0.129. The zero-order chi connectivity index (χ0) is 49.0. The van der Waals surface area contributed by atoms with Crippen molar-refractivity contribution < 1.29 is 18.4 Å². The van der Waals surface area contributed by atoms with Crippen LogP contribution < -0.4 is 5.73 Å². The highest BCUT2D eigenvalue weighted by Gasteiger charge is 2.50. The van der Waals surface area contributed by atoms with E-state index in [0.29, 0.717) is 65.2 Å². The van der Waals surface area contributed by atoms with Crippen LogP contribution in [0.5, 0.6) is 0 Å². The van der Waals surface area contributed by atoms with E-state index in [1.165, 1.54) is 23.3 Å². The quantitative estimate of drug-likeness (QED) is 0.119. The highest BCUT2D eigenvalue weighted by atomic mass is 35.5. The van der Waals surface area contributed by atoms with Gasteiger partial charge in [-0.15, -0.1) is 0 Å². The average Bonchev–Trinajstić information content (AvgIpc) is 4.12. The first kappa shape index (κ1) is 49.4. The SMILES string of the molecule is CC#Cc1ccc(CC(=O)C(C)(C)C2C[C@H]3CC(c4ccnc5ccc(F)cc45)C[C@H]3C2)cn1.CC#Cc1ccc(N)cn1.CC(C)(C(=O)Cl)C1C[C@H]2CC(c3ccnc4ccc(F)cc34)C[C@H]2C1. The number of hydrogen-bond acceptors (Lipinski definition) is 7. The normalized spacial score (nSPS) is 23.6. The molecule has 4 saturated carbocycles. The number of pyridine rings is 4. The summed E-state index contributed by atoms with van der Waals surface area (Å²) >= 11 is 5.83. The van der Waals surface area contributed by atoms with E-state index in [0.717, 1.165) is 90.1 Å². The molecule has 356 valence electrons. The van der Waals surface area contributed by atoms with Gasteiger partial charge in [0.2, 0.25) is 5.24 Å². The van der Waals surface area contributed by atoms with Crippen LogP contribution in [0.3, 0.4) is 0 Å². The van der Waals surface area contributed by atoms with Gasteiger partial charge < -0.3 is 5.73 Å². The smallest absolute Gasteiger partial charge is 0.227 e. The van der Waals surface area contributed by atoms with E-state index in [1.807, 2.05) is 38.4 Å². The Morgan fingerprint density at radius 3 is 1.46 bits per heavy atom. The maximum atomic E-state index is 13.9. The molecule has 4 fully saturated rings. The van der Waals surface area contributed by atoms with Gasteiger partial charge in [-0.05, 0) is 219 Å². The van der Waals surface area contributed by atoms with Gasteiger partial charge >= 0.3 is 0 Å². The Bertz CT molecular complexity index is 2940. The Morgan fingerprint density at radius 2 is 1.06 bits per heavy atom. The summed E-state index contributed by atoms with van der Waals surface area (Å²) in [6.45, 7) is 11.8. The lowest BCUT2D eigenvalue weighted by Crippen LogP contribution is -2.33. The molecular weight excluding hydrogens is 884 g/mol. The second kappa shape index (κ2) is 20.9. The lowest BCUT2D eigenvalue weighted by Gasteiger charge is -2.31. The first-order valence-corrected chi connectivity index (χ1v) is 24.7. The number of ketones is 1. The highest BCUT2D eigenvalue weighted by Crippen LogP contribution is 2.58. The molecule has 0 radical (unpaired) electrons. The standard InChI is InChI=1S/C30H31FN2O.C21H23ClFNO.C8H8N2/c1-4-5-25-8-6-19(18-33-25)12-29(34)30(2,3)23-15-20-13-22(14-21(20)16-23)26-10-11-32-28-9-7-24(31)17-27(26)28;1-21(2,20(22)25)15-9-12-7-14(8-13(12)10-15)17-5-6-24-19-4-3-16(23)11-18(17)19;1-2-3-8-5-4-7(9)6-10-8/h6-11,17-18,20-23H,12-16H2,1-3H3;3-6,11-15H,7-10H2,1-2H3;4-6H,9H2,1H3/t20-,21+,22?,23?;12-,13+,14?,15?;. The first-order chi connectivity index (χ1) is 33.0. The summed E-state index contributed by atoms with van der Waals surface area (Å²) in [4.78, 5) is 42.2. The fourth-order valence-electron chi connectivity index (χ4n) is 12.1. The van der Waals surface area contributed by atoms with Gasteiger partial charge in [0.25, 0.3) is 0 Å². The molecule has 6 aromatic rings. The third kappa shape index (κ3) is 11.1. The summed E-state index contributed by atoms with van der Waals surface area (Å²) in [6, 6.07) is 21.3. The van der Waals surface area contributed by atoms with Gasteiger partial charge in [0, 0.05) is 46.6 Å². The Labute approximate surface area is 410 Å². The molecule has 0 amide bonds. The molecule has 0 saturated heterocycles. The molecule has 2 aromatic carbocycles. The zero-order valence-electron chi connectivity index (χ0n) is 40.5. The van der Waals surface area contributed by atoms with E-state index in [1.54, 1.807) is 62.6 Å². The maximum absolute atomic E-state index is 13.9. The highest BCUT2D eigenvalue weighted by molar-refractivity contribution is 6.64. The fourth-order valence-corrected chi connectivity index (χ4v) is 12.2. The summed E-state index contributed by atoms with van der Waals surface area (Å²) in [5, 5.41) is 1.67. The molecule has 0 aliphatic heterocycles. The predicted molar refractivity (Wildman–Crippen MR) is 272 cm³/mol. The third-order valence-corrected chi connectivity index (χ3v) is 16.6. The number of rotatable bonds is 8. The monoisotopic (exact) mass is 945 g/mol. The summed E-state index contributed by atoms with van der Waals surface area (Å²) in [5.74, 6) is 15.5. The molecule has 69 heavy (non-hydrogen) atoms. The number of carbonyl (C=O) groups is 2. The van der Waals surface area contributed by atoms with Crippen LogP contribution in [0.15, 0.2) is 97.6 Å². The molecule has 10 heteroatoms. The lowest BCUT2D eigenvalue weighted by atomic mass is 9.71. The summed E-state index contributed by atoms with van der Waals surface area (Å²) in [6.07, 6.45) is 16.3. The Kier molecular flexibility index (Phi) is 15.0. The number of hydrogen-bond donors (Lipinski definition) is 1. The van der Waals surface area contributed by atoms with Gasteiger partial charge in [-0.1, -0.05) is 45.6 Å². The topological polar surface area (TPSA) is 112 Å². The van der Waals surface area contributed by atoms with E-state index in [-0.39, 0.29) is 22.3 Å². The Balaban J connectivity index is 0.000000160. The second-order valence-electron chi connectivity index (χ2n) is 20.9. The molecule has 10 rings (SSSR count). The minimum atomic E-state index is -0.437. The predicted octanol–water partition coefficient (Wildman–Crippen LogP) is 13.2. The zero-order valence-corrected chi connectivity index (χ0v) is 41.3. The van der Waals surface area contributed by atoms with E-state index < -0.39 is 5.41 Å². The van der Waals surface area contributed by atoms with Crippen LogP contribution in [-0.2, 0) is 16.0 Å². The van der Waals surface area contributed by atoms with Crippen LogP contribution in [-0.4, -0.2) is 31.0 Å². The molecule has 4 aliphatic rings. The number of halogens is 3. The maximum Gasteiger partial charge on any atom is 0.227 e. The molecule has 0 spiro atoms. The van der Waals surface area contributed by atoms with Crippen molar-refractivity contribution in [3.8, 4) is 23.7 Å². The van der Waals surface area contributed by atoms with Crippen molar-refractivity contribution >= 4 is 50.1 Å². The third-order valence-electron chi connectivity index (χ3n) is 16.1. The van der Waals surface area contributed by atoms with Crippen LogP contribution >= 0.6 is 11.6 Å². The molecule has 7 nitrogen and oxygen atoms in total. The van der Waals surface area contributed by atoms with Crippen LogP contribution in [0.25, 0.3) is 21.8 Å². The molecule has 8 atom stereocenters. The molecule has 4 unspecified atom stereocenters. The van der Waals surface area contributed by atoms with E-state index in [9.17, 15) is 18.4 Å². The van der Waals surface area contributed by atoms with Crippen LogP contribution in [0.1, 0.15) is 133 Å². The molecule has 4 heterocycles. The summed E-state index contributed by atoms with van der Waals surface area (Å²) in [5.41, 5.74) is 11.9. The van der Waals surface area contributed by atoms with Crippen molar-refractivity contribution in [1.29, 1.82) is 0 Å². The molecular formula is C59H62ClF2N5O2. The van der Waals surface area contributed by atoms with Gasteiger partial charge in [0.1, 0.15) is 28.8 Å². The van der Waals surface area contributed by atoms with Crippen LogP contribution in [0.4, 0.5) is 14.5 Å². The number of carbonyl (C=O) groups excluding carboxylic acids is 2. The van der Waals surface area contributed by atoms with Crippen molar-refractivity contribution in [3.05, 3.63) is 137 Å². The van der Waals surface area contributed by atoms with Crippen molar-refractivity contribution in [3.63, 3.8) is 0 Å². The van der Waals surface area contributed by atoms with Crippen molar-refractivity contribution in [2.75, 3.05) is 5.73 Å². The number of anilines is 1. The summed E-state index contributed by atoms with van der Waals surface area (Å²) < 4.78 is 27.7. The number of benzene rings is 2. The molecule has 4 aliphatic carbocycles. The average molecular weight is 947 g/mol. The number of nitrogen functional groups attached to an aromatic ring is 1. The van der Waals surface area contributed by atoms with Crippen molar-refractivity contribution in [2.45, 2.75) is 111 Å². The molecule has 4 aromatic heterocycles. The van der Waals surface area contributed by atoms with E-state index >= 15 is 0 Å². The fraction of sp³-hybridized carbons (Fsp3) is 0.424. The van der Waals surface area contributed by atoms with E-state index in [4.69, 9.17) is 17.3 Å². The number of nitrogens with zero attached hydrogens (tertiary/aromatic N) is 4. The first-order valence-electron chi connectivity index (χ1n) is 24.4. The van der Waals surface area contributed by atoms with Gasteiger partial charge in [0.05, 0.1) is 22.9 Å². The molecule has 0 bridgehead atoms. The van der Waals surface area contributed by atoms with Crippen LogP contribution in [0, 0.1) is 81.7 Å². The number of aromatic nitrogens is 4. The van der Waals surface area contributed by atoms with Crippen LogP contribution in [0.2, 0.25) is 0 Å². The van der Waals surface area contributed by atoms with Crippen molar-refractivity contribution in [2.24, 2.45) is 46.3 Å². The summed E-state index contributed by atoms with van der Waals surface area (Å²) in [7, 11) is 0. The number of fused-ring (bicyclic) bond motifs is 4. The van der Waals surface area contributed by atoms with Gasteiger partial charge in [0.15, 0.2) is 0 Å². The van der Waals surface area contributed by atoms with Gasteiger partial charge in [-0.25, -0.2) is 18.7 Å². The number of nitrogens with two attached hydrogens (primary N) is 1. The van der Waals surface area contributed by atoms with Gasteiger partial charge in [-0.2, -0.15) is 0 Å².